The molecule has 0 bridgehead atoms. The van der Waals surface area contributed by atoms with Gasteiger partial charge >= 0.3 is 5.69 Å². The van der Waals surface area contributed by atoms with E-state index in [-0.39, 0.29) is 23.9 Å². The number of alkyl halides is 1. The van der Waals surface area contributed by atoms with E-state index in [0.29, 0.717) is 16.4 Å². The first-order valence-electron chi connectivity index (χ1n) is 6.08. The summed E-state index contributed by atoms with van der Waals surface area (Å²) in [5.41, 5.74) is 1.96. The Hall–Kier alpha value is -1.79. The molecule has 0 radical (unpaired) electrons. The minimum atomic E-state index is -0.497. The number of rotatable bonds is 5. The van der Waals surface area contributed by atoms with Crippen LogP contribution < -0.4 is 4.74 Å². The van der Waals surface area contributed by atoms with Crippen LogP contribution in [0.15, 0.2) is 18.2 Å². The van der Waals surface area contributed by atoms with E-state index in [1.54, 1.807) is 30.8 Å². The van der Waals surface area contributed by atoms with Crippen molar-refractivity contribution in [3.8, 4) is 5.75 Å². The zero-order valence-corrected chi connectivity index (χ0v) is 13.0. The second-order valence-corrected chi connectivity index (χ2v) is 5.10. The van der Waals surface area contributed by atoms with E-state index >= 15 is 0 Å². The van der Waals surface area contributed by atoms with Crippen LogP contribution in [0.2, 0.25) is 5.02 Å². The van der Waals surface area contributed by atoms with Gasteiger partial charge in [-0.15, -0.1) is 11.6 Å². The molecule has 0 saturated heterocycles. The summed E-state index contributed by atoms with van der Waals surface area (Å²) in [5, 5.41) is 15.7. The average molecular weight is 330 g/mol. The number of nitrogens with zero attached hydrogens (tertiary/aromatic N) is 3. The van der Waals surface area contributed by atoms with Crippen LogP contribution in [0, 0.1) is 17.0 Å². The molecule has 0 spiro atoms. The van der Waals surface area contributed by atoms with Gasteiger partial charge in [0.2, 0.25) is 0 Å². The standard InChI is InChI=1S/C13H13Cl2N3O3/c1-8-13(15)11(17(2)16-8)7-21-12-5-9(6-14)3-4-10(12)18(19)20/h3-5H,6-7H2,1-2H3. The first-order chi connectivity index (χ1) is 9.93. The lowest BCUT2D eigenvalue weighted by atomic mass is 10.2. The molecule has 0 aliphatic heterocycles. The van der Waals surface area contributed by atoms with Gasteiger partial charge in [-0.1, -0.05) is 17.7 Å². The number of aryl methyl sites for hydroxylation is 2. The number of benzene rings is 1. The number of aromatic nitrogens is 2. The Kier molecular flexibility index (Phi) is 4.69. The third-order valence-electron chi connectivity index (χ3n) is 3.00. The Morgan fingerprint density at radius 1 is 1.48 bits per heavy atom. The van der Waals surface area contributed by atoms with Gasteiger partial charge in [0, 0.05) is 19.0 Å². The summed E-state index contributed by atoms with van der Waals surface area (Å²) in [4.78, 5) is 10.5. The topological polar surface area (TPSA) is 70.2 Å². The maximum Gasteiger partial charge on any atom is 0.310 e. The summed E-state index contributed by atoms with van der Waals surface area (Å²) >= 11 is 11.9. The van der Waals surface area contributed by atoms with Crippen molar-refractivity contribution in [2.75, 3.05) is 0 Å². The molecule has 1 aromatic carbocycles. The highest BCUT2D eigenvalue weighted by Crippen LogP contribution is 2.30. The second kappa shape index (κ2) is 6.32. The van der Waals surface area contributed by atoms with Gasteiger partial charge in [-0.3, -0.25) is 14.8 Å². The molecule has 0 saturated carbocycles. The number of nitro benzene ring substituents is 1. The maximum absolute atomic E-state index is 11.0. The molecule has 0 amide bonds. The van der Waals surface area contributed by atoms with E-state index < -0.39 is 4.92 Å². The molecule has 2 aromatic rings. The summed E-state index contributed by atoms with van der Waals surface area (Å²) in [5.74, 6) is 0.410. The molecule has 0 N–H and O–H groups in total. The predicted octanol–water partition coefficient (Wildman–Crippen LogP) is 3.61. The van der Waals surface area contributed by atoms with E-state index in [9.17, 15) is 10.1 Å². The van der Waals surface area contributed by atoms with Gasteiger partial charge in [0.15, 0.2) is 5.75 Å². The first-order valence-corrected chi connectivity index (χ1v) is 6.99. The number of nitro groups is 1. The molecule has 1 heterocycles. The number of ether oxygens (including phenoxy) is 1. The molecule has 0 aliphatic carbocycles. The van der Waals surface area contributed by atoms with Crippen LogP contribution in [0.5, 0.6) is 5.75 Å². The molecule has 2 rings (SSSR count). The normalized spacial score (nSPS) is 10.7. The number of halogens is 2. The largest absolute Gasteiger partial charge is 0.480 e. The molecule has 21 heavy (non-hydrogen) atoms. The highest BCUT2D eigenvalue weighted by molar-refractivity contribution is 6.31. The number of hydrogen-bond acceptors (Lipinski definition) is 4. The van der Waals surface area contributed by atoms with Crippen LogP contribution in [-0.4, -0.2) is 14.7 Å². The fourth-order valence-electron chi connectivity index (χ4n) is 1.89. The fraction of sp³-hybridized carbons (Fsp3) is 0.308. The lowest BCUT2D eigenvalue weighted by Gasteiger charge is -2.08. The van der Waals surface area contributed by atoms with Crippen LogP contribution in [-0.2, 0) is 19.5 Å². The van der Waals surface area contributed by atoms with Crippen molar-refractivity contribution in [3.05, 3.63) is 50.3 Å². The molecular weight excluding hydrogens is 317 g/mol. The molecular formula is C13H13Cl2N3O3. The van der Waals surface area contributed by atoms with Crippen molar-refractivity contribution in [3.63, 3.8) is 0 Å². The summed E-state index contributed by atoms with van der Waals surface area (Å²) in [6, 6.07) is 4.53. The predicted molar refractivity (Wildman–Crippen MR) is 79.9 cm³/mol. The van der Waals surface area contributed by atoms with Crippen molar-refractivity contribution in [2.45, 2.75) is 19.4 Å². The van der Waals surface area contributed by atoms with E-state index in [2.05, 4.69) is 5.10 Å². The minimum Gasteiger partial charge on any atom is -0.480 e. The van der Waals surface area contributed by atoms with Crippen LogP contribution in [0.3, 0.4) is 0 Å². The Morgan fingerprint density at radius 2 is 2.19 bits per heavy atom. The summed E-state index contributed by atoms with van der Waals surface area (Å²) in [7, 11) is 1.74. The lowest BCUT2D eigenvalue weighted by Crippen LogP contribution is -2.05. The van der Waals surface area contributed by atoms with E-state index in [0.717, 1.165) is 5.56 Å². The van der Waals surface area contributed by atoms with E-state index in [1.807, 2.05) is 0 Å². The Bertz CT molecular complexity index is 686. The maximum atomic E-state index is 11.0. The summed E-state index contributed by atoms with van der Waals surface area (Å²) in [6.07, 6.45) is 0. The van der Waals surface area contributed by atoms with Crippen LogP contribution >= 0.6 is 23.2 Å². The van der Waals surface area contributed by atoms with Crippen LogP contribution in [0.4, 0.5) is 5.69 Å². The lowest BCUT2D eigenvalue weighted by molar-refractivity contribution is -0.386. The van der Waals surface area contributed by atoms with Gasteiger partial charge in [-0.2, -0.15) is 5.10 Å². The summed E-state index contributed by atoms with van der Waals surface area (Å²) < 4.78 is 7.15. The quantitative estimate of drug-likeness (QED) is 0.477. The van der Waals surface area contributed by atoms with Crippen molar-refractivity contribution in [2.24, 2.45) is 7.05 Å². The van der Waals surface area contributed by atoms with Crippen molar-refractivity contribution < 1.29 is 9.66 Å². The third-order valence-corrected chi connectivity index (χ3v) is 3.80. The molecule has 8 heteroatoms. The van der Waals surface area contributed by atoms with E-state index in [4.69, 9.17) is 27.9 Å². The molecule has 0 atom stereocenters. The molecule has 1 aromatic heterocycles. The van der Waals surface area contributed by atoms with Crippen molar-refractivity contribution >= 4 is 28.9 Å². The van der Waals surface area contributed by atoms with E-state index in [1.165, 1.54) is 6.07 Å². The molecule has 0 aliphatic rings. The first kappa shape index (κ1) is 15.6. The van der Waals surface area contributed by atoms with Gasteiger partial charge in [0.25, 0.3) is 0 Å². The zero-order chi connectivity index (χ0) is 15.6. The molecule has 6 nitrogen and oxygen atoms in total. The average Bonchev–Trinajstić information content (AvgIpc) is 2.69. The van der Waals surface area contributed by atoms with Gasteiger partial charge in [-0.25, -0.2) is 0 Å². The van der Waals surface area contributed by atoms with Crippen LogP contribution in [0.1, 0.15) is 17.0 Å². The fourth-order valence-corrected chi connectivity index (χ4v) is 2.27. The highest BCUT2D eigenvalue weighted by atomic mass is 35.5. The molecule has 112 valence electrons. The van der Waals surface area contributed by atoms with Gasteiger partial charge in [0.1, 0.15) is 6.61 Å². The van der Waals surface area contributed by atoms with Crippen LogP contribution in [0.25, 0.3) is 0 Å². The molecule has 0 fully saturated rings. The monoisotopic (exact) mass is 329 g/mol. The minimum absolute atomic E-state index is 0.0861. The third kappa shape index (κ3) is 3.28. The smallest absolute Gasteiger partial charge is 0.310 e. The van der Waals surface area contributed by atoms with Gasteiger partial charge < -0.3 is 4.74 Å². The summed E-state index contributed by atoms with van der Waals surface area (Å²) in [6.45, 7) is 1.87. The van der Waals surface area contributed by atoms with Crippen molar-refractivity contribution in [1.82, 2.24) is 9.78 Å². The van der Waals surface area contributed by atoms with Crippen molar-refractivity contribution in [1.29, 1.82) is 0 Å². The Labute approximate surface area is 131 Å². The van der Waals surface area contributed by atoms with Gasteiger partial charge in [-0.05, 0) is 18.6 Å². The molecule has 0 unspecified atom stereocenters. The second-order valence-electron chi connectivity index (χ2n) is 4.45. The number of hydrogen-bond donors (Lipinski definition) is 0. The Balaban J connectivity index is 2.28. The van der Waals surface area contributed by atoms with Gasteiger partial charge in [0.05, 0.1) is 21.3 Å². The zero-order valence-electron chi connectivity index (χ0n) is 11.5. The SMILES string of the molecule is Cc1nn(C)c(COc2cc(CCl)ccc2[N+](=O)[O-])c1Cl. The highest BCUT2D eigenvalue weighted by Gasteiger charge is 2.18. The Morgan fingerprint density at radius 3 is 2.71 bits per heavy atom.